The molecule has 114 valence electrons. The first-order chi connectivity index (χ1) is 10.8. The van der Waals surface area contributed by atoms with E-state index >= 15 is 0 Å². The molecule has 3 heterocycles. The van der Waals surface area contributed by atoms with Crippen molar-refractivity contribution in [3.8, 4) is 0 Å². The average Bonchev–Trinajstić information content (AvgIpc) is 2.61. The van der Waals surface area contributed by atoms with Crippen molar-refractivity contribution in [1.29, 1.82) is 0 Å². The minimum Gasteiger partial charge on any atom is -0.378 e. The van der Waals surface area contributed by atoms with E-state index in [1.165, 1.54) is 12.4 Å². The number of morpholine rings is 1. The number of amides is 1. The van der Waals surface area contributed by atoms with E-state index in [0.29, 0.717) is 19.0 Å². The maximum absolute atomic E-state index is 11.9. The Hall–Kier alpha value is -2.61. The van der Waals surface area contributed by atoms with E-state index in [-0.39, 0.29) is 18.3 Å². The molecule has 8 heteroatoms. The van der Waals surface area contributed by atoms with Crippen LogP contribution in [-0.4, -0.2) is 52.1 Å². The largest absolute Gasteiger partial charge is 0.378 e. The average molecular weight is 300 g/mol. The minimum absolute atomic E-state index is 0.131. The summed E-state index contributed by atoms with van der Waals surface area (Å²) in [6, 6.07) is 3.52. The van der Waals surface area contributed by atoms with Gasteiger partial charge in [0.1, 0.15) is 11.6 Å². The fourth-order valence-electron chi connectivity index (χ4n) is 2.10. The second-order valence-corrected chi connectivity index (χ2v) is 4.69. The van der Waals surface area contributed by atoms with Gasteiger partial charge in [-0.1, -0.05) is 0 Å². The molecule has 0 unspecified atom stereocenters. The van der Waals surface area contributed by atoms with Crippen LogP contribution >= 0.6 is 0 Å². The lowest BCUT2D eigenvalue weighted by atomic mass is 10.4. The zero-order valence-electron chi connectivity index (χ0n) is 12.0. The van der Waals surface area contributed by atoms with Crippen molar-refractivity contribution in [2.75, 3.05) is 31.2 Å². The Morgan fingerprint density at radius 1 is 1.18 bits per heavy atom. The van der Waals surface area contributed by atoms with Crippen LogP contribution in [0.5, 0.6) is 0 Å². The molecule has 0 aliphatic carbocycles. The SMILES string of the molecule is O=C(NCc1nccc(N2CCOCC2)n1)c1ncccn1. The van der Waals surface area contributed by atoms with Gasteiger partial charge in [0.2, 0.25) is 5.82 Å². The van der Waals surface area contributed by atoms with Gasteiger partial charge < -0.3 is 15.0 Å². The van der Waals surface area contributed by atoms with E-state index < -0.39 is 0 Å². The van der Waals surface area contributed by atoms with E-state index in [9.17, 15) is 4.79 Å². The van der Waals surface area contributed by atoms with Crippen LogP contribution in [0, 0.1) is 0 Å². The lowest BCUT2D eigenvalue weighted by Crippen LogP contribution is -2.37. The van der Waals surface area contributed by atoms with E-state index in [4.69, 9.17) is 4.74 Å². The van der Waals surface area contributed by atoms with Gasteiger partial charge in [0, 0.05) is 31.7 Å². The summed E-state index contributed by atoms with van der Waals surface area (Å²) in [7, 11) is 0. The molecule has 1 aliphatic heterocycles. The number of hydrogen-bond donors (Lipinski definition) is 1. The third-order valence-electron chi connectivity index (χ3n) is 3.20. The summed E-state index contributed by atoms with van der Waals surface area (Å²) in [5, 5.41) is 2.71. The van der Waals surface area contributed by atoms with Crippen LogP contribution in [0.15, 0.2) is 30.7 Å². The third kappa shape index (κ3) is 3.53. The van der Waals surface area contributed by atoms with Gasteiger partial charge in [0.05, 0.1) is 19.8 Å². The highest BCUT2D eigenvalue weighted by Crippen LogP contribution is 2.11. The van der Waals surface area contributed by atoms with Crippen molar-refractivity contribution < 1.29 is 9.53 Å². The molecule has 1 fully saturated rings. The minimum atomic E-state index is -0.346. The zero-order valence-corrected chi connectivity index (χ0v) is 12.0. The Bertz CT molecular complexity index is 630. The number of ether oxygens (including phenoxy) is 1. The molecular weight excluding hydrogens is 284 g/mol. The van der Waals surface area contributed by atoms with Gasteiger partial charge >= 0.3 is 0 Å². The lowest BCUT2D eigenvalue weighted by Gasteiger charge is -2.27. The predicted molar refractivity (Wildman–Crippen MR) is 78.3 cm³/mol. The molecule has 0 aromatic carbocycles. The normalized spacial score (nSPS) is 14.6. The molecule has 1 saturated heterocycles. The third-order valence-corrected chi connectivity index (χ3v) is 3.20. The molecule has 8 nitrogen and oxygen atoms in total. The first-order valence-corrected chi connectivity index (χ1v) is 7.03. The number of rotatable bonds is 4. The smallest absolute Gasteiger partial charge is 0.289 e. The van der Waals surface area contributed by atoms with E-state index in [2.05, 4.69) is 30.2 Å². The molecule has 0 atom stereocenters. The van der Waals surface area contributed by atoms with Crippen LogP contribution in [0.2, 0.25) is 0 Å². The monoisotopic (exact) mass is 300 g/mol. The van der Waals surface area contributed by atoms with Crippen molar-refractivity contribution in [2.24, 2.45) is 0 Å². The highest BCUT2D eigenvalue weighted by Gasteiger charge is 2.13. The molecule has 0 saturated carbocycles. The van der Waals surface area contributed by atoms with Gasteiger partial charge in [0.25, 0.3) is 5.91 Å². The molecule has 22 heavy (non-hydrogen) atoms. The van der Waals surface area contributed by atoms with Gasteiger partial charge in [-0.2, -0.15) is 0 Å². The number of nitrogens with one attached hydrogen (secondary N) is 1. The number of carbonyl (C=O) groups is 1. The summed E-state index contributed by atoms with van der Waals surface area (Å²) in [5.41, 5.74) is 0. The molecule has 1 amide bonds. The predicted octanol–water partition coefficient (Wildman–Crippen LogP) is 0.0332. The second-order valence-electron chi connectivity index (χ2n) is 4.69. The zero-order chi connectivity index (χ0) is 15.2. The Labute approximate surface area is 127 Å². The van der Waals surface area contributed by atoms with Crippen molar-refractivity contribution >= 4 is 11.7 Å². The number of carbonyl (C=O) groups excluding carboxylic acids is 1. The first-order valence-electron chi connectivity index (χ1n) is 7.03. The van der Waals surface area contributed by atoms with Crippen molar-refractivity contribution in [2.45, 2.75) is 6.54 Å². The van der Waals surface area contributed by atoms with Gasteiger partial charge in [-0.25, -0.2) is 19.9 Å². The lowest BCUT2D eigenvalue weighted by molar-refractivity contribution is 0.0939. The molecule has 0 spiro atoms. The van der Waals surface area contributed by atoms with Gasteiger partial charge in [0.15, 0.2) is 0 Å². The molecule has 1 aliphatic rings. The molecule has 3 rings (SSSR count). The van der Waals surface area contributed by atoms with Crippen molar-refractivity contribution in [3.05, 3.63) is 42.4 Å². The number of aromatic nitrogens is 4. The summed E-state index contributed by atoms with van der Waals surface area (Å²) >= 11 is 0. The van der Waals surface area contributed by atoms with Crippen LogP contribution in [0.1, 0.15) is 16.4 Å². The number of hydrogen-bond acceptors (Lipinski definition) is 7. The number of anilines is 1. The molecule has 2 aromatic heterocycles. The van der Waals surface area contributed by atoms with E-state index in [0.717, 1.165) is 18.9 Å². The molecule has 1 N–H and O–H groups in total. The first kappa shape index (κ1) is 14.3. The van der Waals surface area contributed by atoms with Crippen LogP contribution in [0.25, 0.3) is 0 Å². The standard InChI is InChI=1S/C14H16N6O2/c21-14(13-16-3-1-4-17-13)18-10-11-15-5-2-12(19-11)20-6-8-22-9-7-20/h1-5H,6-10H2,(H,18,21). The van der Waals surface area contributed by atoms with E-state index in [1.807, 2.05) is 6.07 Å². The molecule has 0 bridgehead atoms. The highest BCUT2D eigenvalue weighted by molar-refractivity contribution is 5.90. The van der Waals surface area contributed by atoms with Gasteiger partial charge in [-0.3, -0.25) is 4.79 Å². The Morgan fingerprint density at radius 3 is 2.73 bits per heavy atom. The summed E-state index contributed by atoms with van der Waals surface area (Å²) < 4.78 is 5.32. The van der Waals surface area contributed by atoms with Crippen molar-refractivity contribution in [3.63, 3.8) is 0 Å². The van der Waals surface area contributed by atoms with Crippen LogP contribution in [-0.2, 0) is 11.3 Å². The van der Waals surface area contributed by atoms with Gasteiger partial charge in [-0.15, -0.1) is 0 Å². The fourth-order valence-corrected chi connectivity index (χ4v) is 2.10. The summed E-state index contributed by atoms with van der Waals surface area (Å²) in [4.78, 5) is 30.5. The molecule has 0 radical (unpaired) electrons. The molecule has 2 aromatic rings. The maximum atomic E-state index is 11.9. The maximum Gasteiger partial charge on any atom is 0.289 e. The van der Waals surface area contributed by atoms with Gasteiger partial charge in [-0.05, 0) is 12.1 Å². The van der Waals surface area contributed by atoms with Crippen molar-refractivity contribution in [1.82, 2.24) is 25.3 Å². The summed E-state index contributed by atoms with van der Waals surface area (Å²) in [5.74, 6) is 1.18. The quantitative estimate of drug-likeness (QED) is 0.851. The Balaban J connectivity index is 1.62. The van der Waals surface area contributed by atoms with E-state index in [1.54, 1.807) is 12.3 Å². The highest BCUT2D eigenvalue weighted by atomic mass is 16.5. The Kier molecular flexibility index (Phi) is 4.50. The summed E-state index contributed by atoms with van der Waals surface area (Å²) in [6.07, 6.45) is 4.74. The van der Waals surface area contributed by atoms with Crippen LogP contribution in [0.3, 0.4) is 0 Å². The second kappa shape index (κ2) is 6.90. The Morgan fingerprint density at radius 2 is 1.95 bits per heavy atom. The van der Waals surface area contributed by atoms with Crippen LogP contribution < -0.4 is 10.2 Å². The molecular formula is C14H16N6O2. The van der Waals surface area contributed by atoms with Crippen LogP contribution in [0.4, 0.5) is 5.82 Å². The summed E-state index contributed by atoms with van der Waals surface area (Å²) in [6.45, 7) is 3.24. The fraction of sp³-hybridized carbons (Fsp3) is 0.357. The topological polar surface area (TPSA) is 93.1 Å². The number of nitrogens with zero attached hydrogens (tertiary/aromatic N) is 5.